The average Bonchev–Trinajstić information content (AvgIpc) is 3.46. The Bertz CT molecular complexity index is 2630. The molecule has 0 radical (unpaired) electrons. The molecule has 1 aromatic heterocycles. The number of hydrogen-bond acceptors (Lipinski definition) is 1. The molecular weight excluding hydrogens is 581 g/mol. The van der Waals surface area contributed by atoms with Crippen molar-refractivity contribution in [1.29, 1.82) is 0 Å². The molecule has 1 heterocycles. The van der Waals surface area contributed by atoms with E-state index in [1.165, 1.54) is 82.4 Å². The van der Waals surface area contributed by atoms with Gasteiger partial charge in [-0.1, -0.05) is 83.9 Å². The van der Waals surface area contributed by atoms with Crippen molar-refractivity contribution < 1.29 is 0 Å². The molecule has 10 rings (SSSR count). The highest BCUT2D eigenvalue weighted by atomic mass is 15.1. The zero-order valence-electron chi connectivity index (χ0n) is 26.9. The van der Waals surface area contributed by atoms with Gasteiger partial charge in [-0.25, -0.2) is 0 Å². The summed E-state index contributed by atoms with van der Waals surface area (Å²) < 4.78 is 2.40. The highest BCUT2D eigenvalue weighted by Crippen LogP contribution is 2.51. The standard InChI is InChI=1S/C46H32N2/c1-29-11-17-35(18-12-29)47(36-19-13-30(2)14-20-36)37-21-15-31-25-41-42-26-32-16-22-38(24-34(32)28-44(42)43(41)27-33(31)23-37)48-45-9-5-3-7-39(45)40-8-4-6-10-46(40)48/h3-28H,1-2H3. The van der Waals surface area contributed by atoms with Gasteiger partial charge in [0.25, 0.3) is 0 Å². The van der Waals surface area contributed by atoms with E-state index in [0.717, 1.165) is 17.1 Å². The molecule has 0 saturated heterocycles. The van der Waals surface area contributed by atoms with Crippen LogP contribution in [0, 0.1) is 13.8 Å². The molecule has 48 heavy (non-hydrogen) atoms. The second-order valence-corrected chi connectivity index (χ2v) is 13.2. The molecule has 0 saturated carbocycles. The van der Waals surface area contributed by atoms with E-state index in [0.29, 0.717) is 0 Å². The maximum absolute atomic E-state index is 2.40. The Morgan fingerprint density at radius 1 is 0.375 bits per heavy atom. The van der Waals surface area contributed by atoms with Crippen LogP contribution in [0.15, 0.2) is 158 Å². The van der Waals surface area contributed by atoms with Crippen LogP contribution in [0.1, 0.15) is 11.1 Å². The van der Waals surface area contributed by atoms with Crippen molar-refractivity contribution in [2.45, 2.75) is 13.8 Å². The number of aryl methyl sites for hydroxylation is 2. The minimum Gasteiger partial charge on any atom is -0.310 e. The van der Waals surface area contributed by atoms with Crippen LogP contribution in [0.3, 0.4) is 0 Å². The fraction of sp³-hybridized carbons (Fsp3) is 0.0435. The third kappa shape index (κ3) is 4.06. The lowest BCUT2D eigenvalue weighted by Gasteiger charge is -2.28. The molecule has 0 fully saturated rings. The molecule has 8 aromatic carbocycles. The fourth-order valence-electron chi connectivity index (χ4n) is 7.71. The first-order chi connectivity index (χ1) is 23.6. The van der Waals surface area contributed by atoms with Crippen LogP contribution < -0.4 is 4.90 Å². The lowest BCUT2D eigenvalue weighted by Crippen LogP contribution is -2.10. The zero-order chi connectivity index (χ0) is 31.9. The summed E-state index contributed by atoms with van der Waals surface area (Å²) >= 11 is 0. The van der Waals surface area contributed by atoms with Crippen LogP contribution >= 0.6 is 0 Å². The SMILES string of the molecule is Cc1ccc(N(c2ccc(C)cc2)c2ccc3cc4c(cc3c2)-c2cc3cc(-n5c6ccccc6c6ccccc65)ccc3cc2-4)cc1. The molecule has 0 amide bonds. The van der Waals surface area contributed by atoms with Gasteiger partial charge in [-0.2, -0.15) is 0 Å². The fourth-order valence-corrected chi connectivity index (χ4v) is 7.71. The minimum atomic E-state index is 1.16. The third-order valence-electron chi connectivity index (χ3n) is 10.2. The maximum Gasteiger partial charge on any atom is 0.0541 e. The van der Waals surface area contributed by atoms with Gasteiger partial charge in [-0.15, -0.1) is 0 Å². The van der Waals surface area contributed by atoms with E-state index in [1.54, 1.807) is 0 Å². The topological polar surface area (TPSA) is 8.17 Å². The van der Waals surface area contributed by atoms with Gasteiger partial charge in [-0.05, 0) is 143 Å². The molecule has 2 nitrogen and oxygen atoms in total. The Labute approximate surface area is 279 Å². The maximum atomic E-state index is 2.40. The molecule has 0 bridgehead atoms. The van der Waals surface area contributed by atoms with Crippen molar-refractivity contribution in [1.82, 2.24) is 4.57 Å². The number of anilines is 3. The van der Waals surface area contributed by atoms with E-state index in [4.69, 9.17) is 0 Å². The van der Waals surface area contributed by atoms with Gasteiger partial charge in [0.2, 0.25) is 0 Å². The Hall–Kier alpha value is -6.12. The van der Waals surface area contributed by atoms with Crippen LogP contribution in [0.4, 0.5) is 17.1 Å². The summed E-state index contributed by atoms with van der Waals surface area (Å²) in [6.07, 6.45) is 0. The summed E-state index contributed by atoms with van der Waals surface area (Å²) in [5.41, 5.74) is 15.0. The van der Waals surface area contributed by atoms with Gasteiger partial charge in [0.05, 0.1) is 11.0 Å². The number of hydrogen-bond donors (Lipinski definition) is 0. The molecule has 0 spiro atoms. The number of fused-ring (bicyclic) bond motifs is 9. The van der Waals surface area contributed by atoms with Crippen LogP contribution in [0.25, 0.3) is 71.3 Å². The smallest absolute Gasteiger partial charge is 0.0541 e. The predicted octanol–water partition coefficient (Wildman–Crippen LogP) is 12.8. The van der Waals surface area contributed by atoms with E-state index in [9.17, 15) is 0 Å². The van der Waals surface area contributed by atoms with Crippen molar-refractivity contribution in [2.24, 2.45) is 0 Å². The lowest BCUT2D eigenvalue weighted by molar-refractivity contribution is 1.19. The zero-order valence-corrected chi connectivity index (χ0v) is 26.9. The second kappa shape index (κ2) is 10.2. The van der Waals surface area contributed by atoms with Crippen LogP contribution in [-0.2, 0) is 0 Å². The van der Waals surface area contributed by atoms with E-state index in [-0.39, 0.29) is 0 Å². The molecule has 1 aliphatic carbocycles. The Morgan fingerprint density at radius 2 is 0.812 bits per heavy atom. The van der Waals surface area contributed by atoms with Crippen molar-refractivity contribution >= 4 is 60.4 Å². The number of rotatable bonds is 4. The van der Waals surface area contributed by atoms with Gasteiger partial charge >= 0.3 is 0 Å². The van der Waals surface area contributed by atoms with Crippen molar-refractivity contribution in [2.75, 3.05) is 4.90 Å². The van der Waals surface area contributed by atoms with E-state index in [2.05, 4.69) is 181 Å². The molecule has 0 atom stereocenters. The largest absolute Gasteiger partial charge is 0.310 e. The Morgan fingerprint density at radius 3 is 1.35 bits per heavy atom. The predicted molar refractivity (Wildman–Crippen MR) is 204 cm³/mol. The van der Waals surface area contributed by atoms with Crippen LogP contribution in [0.5, 0.6) is 0 Å². The monoisotopic (exact) mass is 612 g/mol. The van der Waals surface area contributed by atoms with Gasteiger partial charge in [0.15, 0.2) is 0 Å². The van der Waals surface area contributed by atoms with Crippen molar-refractivity contribution in [3.63, 3.8) is 0 Å². The highest BCUT2D eigenvalue weighted by Gasteiger charge is 2.24. The summed E-state index contributed by atoms with van der Waals surface area (Å²) in [5.74, 6) is 0. The van der Waals surface area contributed by atoms with Crippen LogP contribution in [-0.4, -0.2) is 4.57 Å². The molecule has 1 aliphatic rings. The minimum absolute atomic E-state index is 1.16. The number of para-hydroxylation sites is 2. The average molecular weight is 613 g/mol. The van der Waals surface area contributed by atoms with E-state index in [1.807, 2.05) is 0 Å². The van der Waals surface area contributed by atoms with E-state index < -0.39 is 0 Å². The molecule has 0 aliphatic heterocycles. The highest BCUT2D eigenvalue weighted by molar-refractivity contribution is 6.13. The third-order valence-corrected chi connectivity index (χ3v) is 10.2. The van der Waals surface area contributed by atoms with E-state index >= 15 is 0 Å². The molecule has 0 N–H and O–H groups in total. The van der Waals surface area contributed by atoms with Crippen LogP contribution in [0.2, 0.25) is 0 Å². The Balaban J connectivity index is 1.08. The molecule has 0 unspecified atom stereocenters. The number of aromatic nitrogens is 1. The summed E-state index contributed by atoms with van der Waals surface area (Å²) in [7, 11) is 0. The summed E-state index contributed by atoms with van der Waals surface area (Å²) in [6.45, 7) is 4.28. The molecule has 2 heteroatoms. The first-order valence-electron chi connectivity index (χ1n) is 16.7. The molecule has 226 valence electrons. The Kier molecular flexibility index (Phi) is 5.74. The second-order valence-electron chi connectivity index (χ2n) is 13.2. The quantitative estimate of drug-likeness (QED) is 0.192. The summed E-state index contributed by atoms with van der Waals surface area (Å²) in [6, 6.07) is 58.4. The van der Waals surface area contributed by atoms with Crippen molar-refractivity contribution in [3.05, 3.63) is 169 Å². The lowest BCUT2D eigenvalue weighted by atomic mass is 9.78. The van der Waals surface area contributed by atoms with Gasteiger partial charge in [0, 0.05) is 33.5 Å². The number of nitrogens with zero attached hydrogens (tertiary/aromatic N) is 2. The summed E-state index contributed by atoms with van der Waals surface area (Å²) in [5, 5.41) is 7.62. The molecular formula is C46H32N2. The van der Waals surface area contributed by atoms with Gasteiger partial charge in [-0.3, -0.25) is 0 Å². The summed E-state index contributed by atoms with van der Waals surface area (Å²) in [4.78, 5) is 2.36. The van der Waals surface area contributed by atoms with Gasteiger partial charge < -0.3 is 9.47 Å². The first-order valence-corrected chi connectivity index (χ1v) is 16.7. The van der Waals surface area contributed by atoms with Crippen molar-refractivity contribution in [3.8, 4) is 27.9 Å². The first kappa shape index (κ1) is 27.0. The van der Waals surface area contributed by atoms with Gasteiger partial charge in [0.1, 0.15) is 0 Å². The molecule has 9 aromatic rings. The number of benzene rings is 8. The normalized spacial score (nSPS) is 12.0.